The standard InChI is InChI=1S/C11H17NS/c1-9-11(5-8-13-9)10-3-6-12(2)7-4-10/h5,8,10H,3-4,6-7H2,1-2H3. The molecule has 0 unspecified atom stereocenters. The zero-order chi connectivity index (χ0) is 9.26. The van der Waals surface area contributed by atoms with Crippen LogP contribution in [0.3, 0.4) is 0 Å². The fourth-order valence-corrected chi connectivity index (χ4v) is 2.93. The van der Waals surface area contributed by atoms with Crippen molar-refractivity contribution in [2.24, 2.45) is 0 Å². The quantitative estimate of drug-likeness (QED) is 0.666. The van der Waals surface area contributed by atoms with Gasteiger partial charge in [-0.1, -0.05) is 0 Å². The van der Waals surface area contributed by atoms with Gasteiger partial charge in [0.2, 0.25) is 0 Å². The summed E-state index contributed by atoms with van der Waals surface area (Å²) in [4.78, 5) is 3.95. The third-order valence-electron chi connectivity index (χ3n) is 3.06. The molecule has 0 saturated carbocycles. The molecule has 2 rings (SSSR count). The Morgan fingerprint density at radius 3 is 2.62 bits per heavy atom. The van der Waals surface area contributed by atoms with Gasteiger partial charge in [0.1, 0.15) is 0 Å². The Morgan fingerprint density at radius 2 is 2.08 bits per heavy atom. The molecular formula is C11H17NS. The van der Waals surface area contributed by atoms with Crippen LogP contribution in [0.4, 0.5) is 0 Å². The van der Waals surface area contributed by atoms with Gasteiger partial charge < -0.3 is 4.90 Å². The van der Waals surface area contributed by atoms with Crippen LogP contribution < -0.4 is 0 Å². The second-order valence-corrected chi connectivity index (χ2v) is 5.13. The van der Waals surface area contributed by atoms with Crippen LogP contribution in [-0.2, 0) is 0 Å². The van der Waals surface area contributed by atoms with Crippen molar-refractivity contribution in [3.63, 3.8) is 0 Å². The van der Waals surface area contributed by atoms with Crippen LogP contribution >= 0.6 is 11.3 Å². The molecule has 1 nitrogen and oxygen atoms in total. The number of hydrogen-bond acceptors (Lipinski definition) is 2. The van der Waals surface area contributed by atoms with E-state index in [1.54, 1.807) is 5.56 Å². The maximum absolute atomic E-state index is 2.43. The second-order valence-electron chi connectivity index (χ2n) is 4.01. The van der Waals surface area contributed by atoms with Crippen LogP contribution in [0.2, 0.25) is 0 Å². The average Bonchev–Trinajstić information content (AvgIpc) is 2.53. The van der Waals surface area contributed by atoms with Gasteiger partial charge in [-0.25, -0.2) is 0 Å². The lowest BCUT2D eigenvalue weighted by Gasteiger charge is -2.29. The van der Waals surface area contributed by atoms with E-state index in [0.29, 0.717) is 0 Å². The fraction of sp³-hybridized carbons (Fsp3) is 0.636. The van der Waals surface area contributed by atoms with Crippen molar-refractivity contribution in [2.75, 3.05) is 20.1 Å². The van der Waals surface area contributed by atoms with E-state index >= 15 is 0 Å². The van der Waals surface area contributed by atoms with Gasteiger partial charge in [-0.05, 0) is 62.8 Å². The molecule has 0 aromatic carbocycles. The molecule has 0 spiro atoms. The highest BCUT2D eigenvalue weighted by molar-refractivity contribution is 7.10. The summed E-state index contributed by atoms with van der Waals surface area (Å²) in [5.41, 5.74) is 1.61. The number of rotatable bonds is 1. The number of thiophene rings is 1. The van der Waals surface area contributed by atoms with Crippen LogP contribution in [0.15, 0.2) is 11.4 Å². The predicted octanol–water partition coefficient (Wildman–Crippen LogP) is 2.87. The van der Waals surface area contributed by atoms with E-state index in [1.807, 2.05) is 11.3 Å². The SMILES string of the molecule is Cc1sccc1C1CCN(C)CC1. The van der Waals surface area contributed by atoms with Crippen molar-refractivity contribution in [1.29, 1.82) is 0 Å². The monoisotopic (exact) mass is 195 g/mol. The van der Waals surface area contributed by atoms with Gasteiger partial charge in [0.25, 0.3) is 0 Å². The van der Waals surface area contributed by atoms with E-state index in [2.05, 4.69) is 30.3 Å². The molecule has 0 atom stereocenters. The zero-order valence-electron chi connectivity index (χ0n) is 8.42. The Bertz CT molecular complexity index is 271. The smallest absolute Gasteiger partial charge is 0.00490 e. The lowest BCUT2D eigenvalue weighted by Crippen LogP contribution is -2.29. The minimum Gasteiger partial charge on any atom is -0.306 e. The third-order valence-corrected chi connectivity index (χ3v) is 3.92. The van der Waals surface area contributed by atoms with Crippen LogP contribution in [0.5, 0.6) is 0 Å². The molecule has 1 aromatic heterocycles. The van der Waals surface area contributed by atoms with Gasteiger partial charge in [0, 0.05) is 4.88 Å². The van der Waals surface area contributed by atoms with Crippen molar-refractivity contribution < 1.29 is 0 Å². The van der Waals surface area contributed by atoms with Crippen molar-refractivity contribution in [1.82, 2.24) is 4.90 Å². The molecule has 72 valence electrons. The van der Waals surface area contributed by atoms with Crippen molar-refractivity contribution in [3.05, 3.63) is 21.9 Å². The molecule has 1 aliphatic heterocycles. The highest BCUT2D eigenvalue weighted by Crippen LogP contribution is 2.31. The van der Waals surface area contributed by atoms with Gasteiger partial charge in [-0.15, -0.1) is 11.3 Å². The van der Waals surface area contributed by atoms with Crippen LogP contribution in [0.25, 0.3) is 0 Å². The molecule has 1 saturated heterocycles. The lowest BCUT2D eigenvalue weighted by atomic mass is 9.90. The molecule has 2 heteroatoms. The van der Waals surface area contributed by atoms with Crippen molar-refractivity contribution in [2.45, 2.75) is 25.7 Å². The fourth-order valence-electron chi connectivity index (χ4n) is 2.14. The normalized spacial score (nSPS) is 20.8. The molecule has 13 heavy (non-hydrogen) atoms. The summed E-state index contributed by atoms with van der Waals surface area (Å²) in [5.74, 6) is 0.836. The van der Waals surface area contributed by atoms with Gasteiger partial charge >= 0.3 is 0 Å². The molecule has 0 aliphatic carbocycles. The first kappa shape index (κ1) is 9.22. The molecule has 1 aliphatic rings. The maximum Gasteiger partial charge on any atom is 0.00490 e. The van der Waals surface area contributed by atoms with Crippen LogP contribution in [-0.4, -0.2) is 25.0 Å². The Hall–Kier alpha value is -0.340. The van der Waals surface area contributed by atoms with Gasteiger partial charge in [0.05, 0.1) is 0 Å². The van der Waals surface area contributed by atoms with E-state index in [1.165, 1.54) is 30.8 Å². The van der Waals surface area contributed by atoms with Gasteiger partial charge in [-0.3, -0.25) is 0 Å². The minimum atomic E-state index is 0.836. The van der Waals surface area contributed by atoms with E-state index in [-0.39, 0.29) is 0 Å². The largest absolute Gasteiger partial charge is 0.306 e. The van der Waals surface area contributed by atoms with Crippen LogP contribution in [0.1, 0.15) is 29.2 Å². The maximum atomic E-state index is 2.43. The highest BCUT2D eigenvalue weighted by atomic mass is 32.1. The first-order valence-corrected chi connectivity index (χ1v) is 5.88. The summed E-state index contributed by atoms with van der Waals surface area (Å²) in [7, 11) is 2.22. The molecular weight excluding hydrogens is 178 g/mol. The average molecular weight is 195 g/mol. The third kappa shape index (κ3) is 1.94. The summed E-state index contributed by atoms with van der Waals surface area (Å²) in [6.07, 6.45) is 2.68. The molecule has 0 bridgehead atoms. The number of likely N-dealkylation sites (tertiary alicyclic amines) is 1. The van der Waals surface area contributed by atoms with Crippen LogP contribution in [0, 0.1) is 6.92 Å². The van der Waals surface area contributed by atoms with Gasteiger partial charge in [0.15, 0.2) is 0 Å². The summed E-state index contributed by atoms with van der Waals surface area (Å²) in [6, 6.07) is 2.32. The second kappa shape index (κ2) is 3.81. The Morgan fingerprint density at radius 1 is 1.38 bits per heavy atom. The number of hydrogen-bond donors (Lipinski definition) is 0. The van der Waals surface area contributed by atoms with E-state index in [4.69, 9.17) is 0 Å². The molecule has 1 aromatic rings. The predicted molar refractivity (Wildman–Crippen MR) is 58.5 cm³/mol. The zero-order valence-corrected chi connectivity index (χ0v) is 9.23. The first-order valence-electron chi connectivity index (χ1n) is 5.00. The number of aryl methyl sites for hydroxylation is 1. The summed E-state index contributed by atoms with van der Waals surface area (Å²) in [5, 5.41) is 2.23. The molecule has 1 fully saturated rings. The Labute approximate surface area is 84.4 Å². The Balaban J connectivity index is 2.06. The summed E-state index contributed by atoms with van der Waals surface area (Å²) < 4.78 is 0. The summed E-state index contributed by atoms with van der Waals surface area (Å²) >= 11 is 1.89. The molecule has 0 N–H and O–H groups in total. The lowest BCUT2D eigenvalue weighted by molar-refractivity contribution is 0.255. The van der Waals surface area contributed by atoms with E-state index in [0.717, 1.165) is 5.92 Å². The van der Waals surface area contributed by atoms with E-state index < -0.39 is 0 Å². The first-order chi connectivity index (χ1) is 6.27. The number of nitrogens with zero attached hydrogens (tertiary/aromatic N) is 1. The van der Waals surface area contributed by atoms with Crippen molar-refractivity contribution in [3.8, 4) is 0 Å². The molecule has 0 amide bonds. The molecule has 2 heterocycles. The van der Waals surface area contributed by atoms with E-state index in [9.17, 15) is 0 Å². The van der Waals surface area contributed by atoms with Gasteiger partial charge in [-0.2, -0.15) is 0 Å². The highest BCUT2D eigenvalue weighted by Gasteiger charge is 2.19. The molecule has 0 radical (unpaired) electrons. The summed E-state index contributed by atoms with van der Waals surface area (Å²) in [6.45, 7) is 4.78. The number of piperidine rings is 1. The minimum absolute atomic E-state index is 0.836. The van der Waals surface area contributed by atoms with Crippen molar-refractivity contribution >= 4 is 11.3 Å². The topological polar surface area (TPSA) is 3.24 Å². The Kier molecular flexibility index (Phi) is 2.70.